The van der Waals surface area contributed by atoms with Gasteiger partial charge in [0.1, 0.15) is 5.82 Å². The number of hydrogen-bond donors (Lipinski definition) is 2. The van der Waals surface area contributed by atoms with Gasteiger partial charge in [-0.15, -0.1) is 0 Å². The molecule has 17 heavy (non-hydrogen) atoms. The van der Waals surface area contributed by atoms with E-state index in [0.29, 0.717) is 5.56 Å². The molecule has 0 saturated heterocycles. The molecule has 6 heteroatoms. The van der Waals surface area contributed by atoms with Crippen LogP contribution in [0.15, 0.2) is 18.3 Å². The zero-order valence-electron chi connectivity index (χ0n) is 9.96. The molecule has 1 rings (SSSR count). The van der Waals surface area contributed by atoms with Gasteiger partial charge in [-0.05, 0) is 12.1 Å². The van der Waals surface area contributed by atoms with Crippen molar-refractivity contribution < 1.29 is 14.6 Å². The molecule has 0 aromatic carbocycles. The maximum atomic E-state index is 12.0. The van der Waals surface area contributed by atoms with Crippen molar-refractivity contribution in [2.45, 2.75) is 6.10 Å². The summed E-state index contributed by atoms with van der Waals surface area (Å²) in [5.74, 6) is -0.0867. The normalized spacial score (nSPS) is 12.2. The molecular weight excluding hydrogens is 222 g/mol. The summed E-state index contributed by atoms with van der Waals surface area (Å²) in [6.07, 6.45) is 0.804. The molecule has 0 radical (unpaired) electrons. The monoisotopic (exact) mass is 239 g/mol. The number of amides is 1. The van der Waals surface area contributed by atoms with Gasteiger partial charge in [0.15, 0.2) is 0 Å². The zero-order valence-corrected chi connectivity index (χ0v) is 9.96. The number of aliphatic hydroxyl groups excluding tert-OH is 1. The van der Waals surface area contributed by atoms with Crippen LogP contribution in [0.2, 0.25) is 0 Å². The molecule has 0 fully saturated rings. The van der Waals surface area contributed by atoms with Crippen LogP contribution in [0.1, 0.15) is 10.4 Å². The molecule has 3 N–H and O–H groups in total. The Bertz CT molecular complexity index is 384. The number of ether oxygens (including phenoxy) is 1. The van der Waals surface area contributed by atoms with Gasteiger partial charge in [-0.2, -0.15) is 0 Å². The molecule has 1 unspecified atom stereocenters. The molecule has 1 atom stereocenters. The summed E-state index contributed by atoms with van der Waals surface area (Å²) in [4.78, 5) is 17.2. The van der Waals surface area contributed by atoms with Crippen LogP contribution in [0.25, 0.3) is 0 Å². The Kier molecular flexibility index (Phi) is 4.86. The first-order valence-electron chi connectivity index (χ1n) is 5.19. The Balaban J connectivity index is 2.67. The van der Waals surface area contributed by atoms with Gasteiger partial charge in [0.05, 0.1) is 18.3 Å². The summed E-state index contributed by atoms with van der Waals surface area (Å²) < 4.78 is 4.79. The van der Waals surface area contributed by atoms with Gasteiger partial charge in [-0.25, -0.2) is 4.98 Å². The lowest BCUT2D eigenvalue weighted by molar-refractivity contribution is 0.0380. The number of aliphatic hydroxyl groups is 1. The van der Waals surface area contributed by atoms with E-state index in [9.17, 15) is 9.90 Å². The van der Waals surface area contributed by atoms with Crippen LogP contribution in [0.3, 0.4) is 0 Å². The van der Waals surface area contributed by atoms with Gasteiger partial charge in [0, 0.05) is 26.9 Å². The Morgan fingerprint density at radius 2 is 2.41 bits per heavy atom. The highest BCUT2D eigenvalue weighted by atomic mass is 16.5. The first kappa shape index (κ1) is 13.4. The van der Waals surface area contributed by atoms with Gasteiger partial charge >= 0.3 is 0 Å². The topological polar surface area (TPSA) is 88.7 Å². The van der Waals surface area contributed by atoms with E-state index in [1.807, 2.05) is 0 Å². The van der Waals surface area contributed by atoms with E-state index in [0.717, 1.165) is 0 Å². The number of carbonyl (C=O) groups is 1. The molecule has 94 valence electrons. The largest absolute Gasteiger partial charge is 0.389 e. The van der Waals surface area contributed by atoms with Gasteiger partial charge in [-0.1, -0.05) is 0 Å². The average Bonchev–Trinajstić information content (AvgIpc) is 2.29. The van der Waals surface area contributed by atoms with Crippen LogP contribution in [0.5, 0.6) is 0 Å². The van der Waals surface area contributed by atoms with Gasteiger partial charge in [-0.3, -0.25) is 4.79 Å². The summed E-state index contributed by atoms with van der Waals surface area (Å²) in [5.41, 5.74) is 5.94. The number of anilines is 1. The first-order valence-corrected chi connectivity index (χ1v) is 5.19. The quantitative estimate of drug-likeness (QED) is 0.739. The number of nitrogens with zero attached hydrogens (tertiary/aromatic N) is 2. The standard InChI is InChI=1S/C11H17N3O3/c1-14(6-8(15)7-17-2)11(16)9-4-3-5-13-10(9)12/h3-5,8,15H,6-7H2,1-2H3,(H2,12,13). The van der Waals surface area contributed by atoms with E-state index in [1.54, 1.807) is 19.2 Å². The van der Waals surface area contributed by atoms with Crippen LogP contribution in [-0.2, 0) is 4.74 Å². The van der Waals surface area contributed by atoms with Crippen LogP contribution in [0.4, 0.5) is 5.82 Å². The molecule has 0 bridgehead atoms. The van der Waals surface area contributed by atoms with Gasteiger partial charge in [0.25, 0.3) is 5.91 Å². The summed E-state index contributed by atoms with van der Waals surface area (Å²) in [7, 11) is 3.08. The molecule has 0 aliphatic carbocycles. The lowest BCUT2D eigenvalue weighted by Crippen LogP contribution is -2.36. The number of likely N-dealkylation sites (N-methyl/N-ethyl adjacent to an activating group) is 1. The number of rotatable bonds is 5. The first-order chi connectivity index (χ1) is 8.06. The van der Waals surface area contributed by atoms with Crippen LogP contribution in [0, 0.1) is 0 Å². The molecule has 6 nitrogen and oxygen atoms in total. The van der Waals surface area contributed by atoms with Gasteiger partial charge in [0.2, 0.25) is 0 Å². The molecule has 1 aromatic heterocycles. The molecule has 1 aromatic rings. The molecule has 0 aliphatic heterocycles. The van der Waals surface area contributed by atoms with E-state index in [2.05, 4.69) is 4.98 Å². The molecule has 0 spiro atoms. The van der Waals surface area contributed by atoms with Crippen molar-refractivity contribution in [3.8, 4) is 0 Å². The molecular formula is C11H17N3O3. The van der Waals surface area contributed by atoms with Crippen molar-refractivity contribution >= 4 is 11.7 Å². The van der Waals surface area contributed by atoms with E-state index < -0.39 is 6.10 Å². The smallest absolute Gasteiger partial charge is 0.257 e. The highest BCUT2D eigenvalue weighted by Gasteiger charge is 2.17. The number of hydrogen-bond acceptors (Lipinski definition) is 5. The van der Waals surface area contributed by atoms with Crippen molar-refractivity contribution in [1.29, 1.82) is 0 Å². The Morgan fingerprint density at radius 3 is 3.00 bits per heavy atom. The van der Waals surface area contributed by atoms with E-state index in [4.69, 9.17) is 10.5 Å². The maximum Gasteiger partial charge on any atom is 0.257 e. The predicted octanol–water partition coefficient (Wildman–Crippen LogP) is -0.257. The minimum Gasteiger partial charge on any atom is -0.389 e. The Hall–Kier alpha value is -1.66. The summed E-state index contributed by atoms with van der Waals surface area (Å²) in [6.45, 7) is 0.362. The predicted molar refractivity (Wildman–Crippen MR) is 63.5 cm³/mol. The highest BCUT2D eigenvalue weighted by molar-refractivity contribution is 5.98. The van der Waals surface area contributed by atoms with E-state index >= 15 is 0 Å². The fraction of sp³-hybridized carbons (Fsp3) is 0.455. The van der Waals surface area contributed by atoms with Crippen LogP contribution < -0.4 is 5.73 Å². The third-order valence-corrected chi connectivity index (χ3v) is 2.26. The zero-order chi connectivity index (χ0) is 12.8. The molecule has 0 saturated carbocycles. The van der Waals surface area contributed by atoms with Crippen molar-refractivity contribution in [2.75, 3.05) is 33.0 Å². The summed E-state index contributed by atoms with van der Waals surface area (Å²) in [5, 5.41) is 9.52. The molecule has 1 amide bonds. The summed E-state index contributed by atoms with van der Waals surface area (Å²) in [6, 6.07) is 3.24. The van der Waals surface area contributed by atoms with Crippen molar-refractivity contribution in [3.05, 3.63) is 23.9 Å². The second kappa shape index (κ2) is 6.17. The second-order valence-electron chi connectivity index (χ2n) is 3.73. The Morgan fingerprint density at radius 1 is 1.71 bits per heavy atom. The third kappa shape index (κ3) is 3.69. The number of aromatic nitrogens is 1. The SMILES string of the molecule is COCC(O)CN(C)C(=O)c1cccnc1N. The van der Waals surface area contributed by atoms with E-state index in [-0.39, 0.29) is 24.9 Å². The minimum atomic E-state index is -0.716. The number of nitrogens with two attached hydrogens (primary N) is 1. The van der Waals surface area contributed by atoms with Crippen molar-refractivity contribution in [3.63, 3.8) is 0 Å². The third-order valence-electron chi connectivity index (χ3n) is 2.26. The number of pyridine rings is 1. The number of carbonyl (C=O) groups excluding carboxylic acids is 1. The van der Waals surface area contributed by atoms with E-state index in [1.165, 1.54) is 18.2 Å². The fourth-order valence-electron chi connectivity index (χ4n) is 1.45. The lowest BCUT2D eigenvalue weighted by atomic mass is 10.2. The fourth-order valence-corrected chi connectivity index (χ4v) is 1.45. The minimum absolute atomic E-state index is 0.181. The summed E-state index contributed by atoms with van der Waals surface area (Å²) >= 11 is 0. The van der Waals surface area contributed by atoms with Crippen LogP contribution >= 0.6 is 0 Å². The van der Waals surface area contributed by atoms with Crippen LogP contribution in [-0.4, -0.2) is 54.3 Å². The second-order valence-corrected chi connectivity index (χ2v) is 3.73. The van der Waals surface area contributed by atoms with Gasteiger partial charge < -0.3 is 20.5 Å². The maximum absolute atomic E-state index is 12.0. The molecule has 1 heterocycles. The number of nitrogen functional groups attached to an aromatic ring is 1. The number of methoxy groups -OCH3 is 1. The van der Waals surface area contributed by atoms with Crippen molar-refractivity contribution in [2.24, 2.45) is 0 Å². The lowest BCUT2D eigenvalue weighted by Gasteiger charge is -2.20. The Labute approximate surface area is 100 Å². The average molecular weight is 239 g/mol. The van der Waals surface area contributed by atoms with Crippen molar-refractivity contribution in [1.82, 2.24) is 9.88 Å². The molecule has 0 aliphatic rings. The highest BCUT2D eigenvalue weighted by Crippen LogP contribution is 2.10.